The molecule has 0 radical (unpaired) electrons. The molecule has 0 aliphatic heterocycles. The maximum Gasteiger partial charge on any atom is 0.155 e. The second-order valence-corrected chi connectivity index (χ2v) is 7.99. The summed E-state index contributed by atoms with van der Waals surface area (Å²) in [5, 5.41) is 3.29. The molecule has 0 aliphatic carbocycles. The minimum absolute atomic E-state index is 0.0192. The largest absolute Gasteiger partial charge is 0.307 e. The third kappa shape index (κ3) is 6.54. The van der Waals surface area contributed by atoms with Gasteiger partial charge in [-0.15, -0.1) is 0 Å². The van der Waals surface area contributed by atoms with Crippen molar-refractivity contribution in [3.63, 3.8) is 0 Å². The summed E-state index contributed by atoms with van der Waals surface area (Å²) in [6.07, 6.45) is 0. The average molecular weight is 245 g/mol. The molecule has 0 saturated heterocycles. The molecule has 0 fully saturated rings. The SMILES string of the molecule is CCNC(CSC(C)(C)C)C(=O)C(C)(C)C. The Morgan fingerprint density at radius 1 is 1.19 bits per heavy atom. The zero-order chi connectivity index (χ0) is 13.0. The molecule has 2 nitrogen and oxygen atoms in total. The fraction of sp³-hybridized carbons (Fsp3) is 0.923. The molecule has 3 heteroatoms. The van der Waals surface area contributed by atoms with Crippen LogP contribution >= 0.6 is 11.8 Å². The summed E-state index contributed by atoms with van der Waals surface area (Å²) < 4.78 is 0.214. The van der Waals surface area contributed by atoms with E-state index in [1.807, 2.05) is 39.5 Å². The minimum atomic E-state index is -0.259. The fourth-order valence-corrected chi connectivity index (χ4v) is 2.27. The van der Waals surface area contributed by atoms with E-state index in [1.54, 1.807) is 0 Å². The molecule has 0 bridgehead atoms. The maximum atomic E-state index is 12.2. The molecule has 0 spiro atoms. The molecule has 96 valence electrons. The number of ketones is 1. The summed E-state index contributed by atoms with van der Waals surface area (Å²) in [4.78, 5) is 12.2. The first-order chi connectivity index (χ1) is 7.08. The van der Waals surface area contributed by atoms with Gasteiger partial charge in [-0.25, -0.2) is 0 Å². The molecule has 0 saturated carbocycles. The van der Waals surface area contributed by atoms with Crippen molar-refractivity contribution in [3.8, 4) is 0 Å². The summed E-state index contributed by atoms with van der Waals surface area (Å²) in [6, 6.07) is -0.0192. The molecule has 0 aromatic rings. The van der Waals surface area contributed by atoms with Crippen molar-refractivity contribution < 1.29 is 4.79 Å². The molecule has 0 rings (SSSR count). The first-order valence-electron chi connectivity index (χ1n) is 5.99. The van der Waals surface area contributed by atoms with Crippen molar-refractivity contribution in [3.05, 3.63) is 0 Å². The maximum absolute atomic E-state index is 12.2. The average Bonchev–Trinajstić information content (AvgIpc) is 2.08. The van der Waals surface area contributed by atoms with Gasteiger partial charge in [-0.1, -0.05) is 48.5 Å². The third-order valence-electron chi connectivity index (χ3n) is 2.19. The molecule has 0 aliphatic rings. The first-order valence-corrected chi connectivity index (χ1v) is 6.98. The molecular formula is C13H27NOS. The molecule has 0 heterocycles. The fourth-order valence-electron chi connectivity index (χ4n) is 1.33. The van der Waals surface area contributed by atoms with Crippen LogP contribution < -0.4 is 5.32 Å². The van der Waals surface area contributed by atoms with Gasteiger partial charge in [0, 0.05) is 15.9 Å². The molecule has 0 aromatic heterocycles. The van der Waals surface area contributed by atoms with Crippen molar-refractivity contribution in [2.45, 2.75) is 59.3 Å². The lowest BCUT2D eigenvalue weighted by Gasteiger charge is -2.27. The van der Waals surface area contributed by atoms with Crippen molar-refractivity contribution in [2.24, 2.45) is 5.41 Å². The molecule has 16 heavy (non-hydrogen) atoms. The number of carbonyl (C=O) groups excluding carboxylic acids is 1. The summed E-state index contributed by atoms with van der Waals surface area (Å²) in [7, 11) is 0. The van der Waals surface area contributed by atoms with Crippen LogP contribution in [0, 0.1) is 5.41 Å². The molecular weight excluding hydrogens is 218 g/mol. The number of carbonyl (C=O) groups is 1. The van der Waals surface area contributed by atoms with Crippen LogP contribution in [-0.4, -0.2) is 28.9 Å². The Kier molecular flexibility index (Phi) is 6.05. The van der Waals surface area contributed by atoms with E-state index in [1.165, 1.54) is 0 Å². The Balaban J connectivity index is 4.45. The highest BCUT2D eigenvalue weighted by molar-refractivity contribution is 8.00. The lowest BCUT2D eigenvalue weighted by Crippen LogP contribution is -2.45. The van der Waals surface area contributed by atoms with Gasteiger partial charge in [-0.3, -0.25) is 4.79 Å². The summed E-state index contributed by atoms with van der Waals surface area (Å²) >= 11 is 1.84. The predicted octanol–water partition coefficient (Wildman–Crippen LogP) is 3.11. The van der Waals surface area contributed by atoms with E-state index in [2.05, 4.69) is 26.1 Å². The normalized spacial score (nSPS) is 14.9. The summed E-state index contributed by atoms with van der Waals surface area (Å²) in [5.74, 6) is 1.17. The number of hydrogen-bond donors (Lipinski definition) is 1. The zero-order valence-electron chi connectivity index (χ0n) is 11.8. The Hall–Kier alpha value is -0.0200. The van der Waals surface area contributed by atoms with E-state index in [0.717, 1.165) is 12.3 Å². The van der Waals surface area contributed by atoms with Crippen molar-refractivity contribution >= 4 is 17.5 Å². The van der Waals surface area contributed by atoms with Gasteiger partial charge in [0.25, 0.3) is 0 Å². The second kappa shape index (κ2) is 6.06. The topological polar surface area (TPSA) is 29.1 Å². The van der Waals surface area contributed by atoms with E-state index < -0.39 is 0 Å². The van der Waals surface area contributed by atoms with Crippen LogP contribution in [0.5, 0.6) is 0 Å². The number of Topliss-reactive ketones (excluding diaryl/α,β-unsaturated/α-hetero) is 1. The molecule has 1 atom stereocenters. The number of hydrogen-bond acceptors (Lipinski definition) is 3. The highest BCUT2D eigenvalue weighted by atomic mass is 32.2. The van der Waals surface area contributed by atoms with Crippen molar-refractivity contribution in [2.75, 3.05) is 12.3 Å². The Labute approximate surface area is 105 Å². The zero-order valence-corrected chi connectivity index (χ0v) is 12.6. The Bertz CT molecular complexity index is 225. The van der Waals surface area contributed by atoms with Gasteiger partial charge < -0.3 is 5.32 Å². The predicted molar refractivity (Wildman–Crippen MR) is 74.1 cm³/mol. The van der Waals surface area contributed by atoms with Crippen LogP contribution in [-0.2, 0) is 4.79 Å². The van der Waals surface area contributed by atoms with Crippen LogP contribution in [0.25, 0.3) is 0 Å². The number of nitrogens with one attached hydrogen (secondary N) is 1. The van der Waals surface area contributed by atoms with Gasteiger partial charge in [-0.05, 0) is 6.54 Å². The van der Waals surface area contributed by atoms with Gasteiger partial charge in [0.1, 0.15) is 0 Å². The van der Waals surface area contributed by atoms with Crippen LogP contribution in [0.2, 0.25) is 0 Å². The van der Waals surface area contributed by atoms with E-state index in [9.17, 15) is 4.79 Å². The van der Waals surface area contributed by atoms with E-state index in [4.69, 9.17) is 0 Å². The lowest BCUT2D eigenvalue weighted by atomic mass is 9.87. The van der Waals surface area contributed by atoms with Crippen LogP contribution in [0.4, 0.5) is 0 Å². The first kappa shape index (κ1) is 16.0. The van der Waals surface area contributed by atoms with Crippen LogP contribution in [0.3, 0.4) is 0 Å². The monoisotopic (exact) mass is 245 g/mol. The van der Waals surface area contributed by atoms with Gasteiger partial charge in [0.05, 0.1) is 6.04 Å². The quantitative estimate of drug-likeness (QED) is 0.807. The second-order valence-electron chi connectivity index (χ2n) is 6.15. The Morgan fingerprint density at radius 2 is 1.69 bits per heavy atom. The van der Waals surface area contributed by atoms with Gasteiger partial charge in [-0.2, -0.15) is 11.8 Å². The van der Waals surface area contributed by atoms with Crippen LogP contribution in [0.15, 0.2) is 0 Å². The van der Waals surface area contributed by atoms with E-state index in [-0.39, 0.29) is 16.2 Å². The number of rotatable bonds is 5. The van der Waals surface area contributed by atoms with Gasteiger partial charge in [0.15, 0.2) is 5.78 Å². The molecule has 1 N–H and O–H groups in total. The molecule has 0 aromatic carbocycles. The highest BCUT2D eigenvalue weighted by Gasteiger charge is 2.29. The Morgan fingerprint density at radius 3 is 2.00 bits per heavy atom. The molecule has 1 unspecified atom stereocenters. The third-order valence-corrected chi connectivity index (χ3v) is 3.56. The van der Waals surface area contributed by atoms with Crippen molar-refractivity contribution in [1.29, 1.82) is 0 Å². The van der Waals surface area contributed by atoms with Crippen molar-refractivity contribution in [1.82, 2.24) is 5.32 Å². The number of likely N-dealkylation sites (N-methyl/N-ethyl adjacent to an activating group) is 1. The molecule has 0 amide bonds. The van der Waals surface area contributed by atoms with E-state index in [0.29, 0.717) is 5.78 Å². The van der Waals surface area contributed by atoms with E-state index >= 15 is 0 Å². The summed E-state index contributed by atoms with van der Waals surface area (Å²) in [6.45, 7) is 15.4. The standard InChI is InChI=1S/C13H27NOS/c1-8-14-10(9-16-13(5,6)7)11(15)12(2,3)4/h10,14H,8-9H2,1-7H3. The smallest absolute Gasteiger partial charge is 0.155 e. The van der Waals surface area contributed by atoms with Crippen LogP contribution in [0.1, 0.15) is 48.5 Å². The summed E-state index contributed by atoms with van der Waals surface area (Å²) in [5.41, 5.74) is -0.259. The highest BCUT2D eigenvalue weighted by Crippen LogP contribution is 2.26. The minimum Gasteiger partial charge on any atom is -0.307 e. The van der Waals surface area contributed by atoms with Gasteiger partial charge >= 0.3 is 0 Å². The number of thioether (sulfide) groups is 1. The lowest BCUT2D eigenvalue weighted by molar-refractivity contribution is -0.127. The van der Waals surface area contributed by atoms with Gasteiger partial charge in [0.2, 0.25) is 0 Å².